The molecule has 0 saturated carbocycles. The van der Waals surface area contributed by atoms with Gasteiger partial charge in [0.1, 0.15) is 5.15 Å². The second kappa shape index (κ2) is 5.71. The molecule has 7 heteroatoms. The highest BCUT2D eigenvalue weighted by Gasteiger charge is 2.14. The van der Waals surface area contributed by atoms with Gasteiger partial charge in [-0.2, -0.15) is 5.10 Å². The van der Waals surface area contributed by atoms with E-state index in [0.717, 1.165) is 0 Å². The number of carbonyl (C=O) groups excluding carboxylic acids is 1. The molecule has 0 aliphatic heterocycles. The first-order valence-corrected chi connectivity index (χ1v) is 6.13. The lowest BCUT2D eigenvalue weighted by molar-refractivity contribution is 0.0936. The van der Waals surface area contributed by atoms with Gasteiger partial charge in [-0.1, -0.05) is 11.6 Å². The number of nitrogens with two attached hydrogens (primary N) is 1. The molecular formula is C12H14ClN5O. The molecule has 2 heterocycles. The molecule has 1 unspecified atom stereocenters. The number of amides is 1. The van der Waals surface area contributed by atoms with Crippen LogP contribution in [0.3, 0.4) is 0 Å². The molecule has 0 radical (unpaired) electrons. The van der Waals surface area contributed by atoms with Crippen LogP contribution in [-0.4, -0.2) is 26.7 Å². The molecule has 2 aromatic rings. The molecule has 2 rings (SSSR count). The molecule has 19 heavy (non-hydrogen) atoms. The Morgan fingerprint density at radius 2 is 2.42 bits per heavy atom. The first-order chi connectivity index (χ1) is 9.06. The number of aromatic nitrogens is 3. The number of hydrogen-bond donors (Lipinski definition) is 2. The summed E-state index contributed by atoms with van der Waals surface area (Å²) in [6.45, 7) is 2.46. The maximum absolute atomic E-state index is 12.0. The second-order valence-corrected chi connectivity index (χ2v) is 4.57. The summed E-state index contributed by atoms with van der Waals surface area (Å²) in [7, 11) is 0. The molecule has 1 amide bonds. The Kier molecular flexibility index (Phi) is 4.01. The fourth-order valence-corrected chi connectivity index (χ4v) is 1.85. The van der Waals surface area contributed by atoms with E-state index in [-0.39, 0.29) is 22.7 Å². The maximum Gasteiger partial charge on any atom is 0.254 e. The van der Waals surface area contributed by atoms with Crippen LogP contribution in [0.2, 0.25) is 5.15 Å². The third-order valence-electron chi connectivity index (χ3n) is 2.50. The smallest absolute Gasteiger partial charge is 0.254 e. The van der Waals surface area contributed by atoms with Crippen LogP contribution in [0.1, 0.15) is 17.3 Å². The average molecular weight is 280 g/mol. The average Bonchev–Trinajstić information content (AvgIpc) is 2.84. The second-order valence-electron chi connectivity index (χ2n) is 4.21. The molecule has 0 bridgehead atoms. The number of pyridine rings is 1. The summed E-state index contributed by atoms with van der Waals surface area (Å²) < 4.78 is 1.74. The lowest BCUT2D eigenvalue weighted by atomic mass is 10.2. The summed E-state index contributed by atoms with van der Waals surface area (Å²) in [5.41, 5.74) is 6.26. The summed E-state index contributed by atoms with van der Waals surface area (Å²) in [6, 6.07) is 3.24. The summed E-state index contributed by atoms with van der Waals surface area (Å²) in [6.07, 6.45) is 4.93. The number of rotatable bonds is 4. The number of carbonyl (C=O) groups is 1. The van der Waals surface area contributed by atoms with E-state index >= 15 is 0 Å². The largest absolute Gasteiger partial charge is 0.397 e. The lowest BCUT2D eigenvalue weighted by Crippen LogP contribution is -2.36. The highest BCUT2D eigenvalue weighted by molar-refractivity contribution is 6.32. The van der Waals surface area contributed by atoms with Crippen molar-refractivity contribution in [2.75, 3.05) is 5.73 Å². The van der Waals surface area contributed by atoms with Gasteiger partial charge in [-0.25, -0.2) is 4.98 Å². The minimum Gasteiger partial charge on any atom is -0.397 e. The number of anilines is 1. The van der Waals surface area contributed by atoms with E-state index in [4.69, 9.17) is 17.3 Å². The highest BCUT2D eigenvalue weighted by atomic mass is 35.5. The van der Waals surface area contributed by atoms with Gasteiger partial charge in [0.2, 0.25) is 0 Å². The van der Waals surface area contributed by atoms with E-state index in [1.807, 2.05) is 19.2 Å². The third-order valence-corrected chi connectivity index (χ3v) is 2.80. The Balaban J connectivity index is 2.02. The van der Waals surface area contributed by atoms with Gasteiger partial charge in [0.25, 0.3) is 5.91 Å². The quantitative estimate of drug-likeness (QED) is 0.827. The number of halogens is 1. The normalized spacial score (nSPS) is 12.1. The monoisotopic (exact) mass is 279 g/mol. The topological polar surface area (TPSA) is 85.8 Å². The van der Waals surface area contributed by atoms with Crippen molar-refractivity contribution in [2.24, 2.45) is 0 Å². The van der Waals surface area contributed by atoms with Crippen LogP contribution in [-0.2, 0) is 6.54 Å². The van der Waals surface area contributed by atoms with Crippen molar-refractivity contribution in [2.45, 2.75) is 19.5 Å². The molecule has 100 valence electrons. The van der Waals surface area contributed by atoms with Gasteiger partial charge in [0.15, 0.2) is 0 Å². The summed E-state index contributed by atoms with van der Waals surface area (Å²) in [5.74, 6) is -0.301. The van der Waals surface area contributed by atoms with Gasteiger partial charge in [-0.3, -0.25) is 9.48 Å². The van der Waals surface area contributed by atoms with E-state index in [1.165, 1.54) is 12.3 Å². The van der Waals surface area contributed by atoms with Crippen LogP contribution >= 0.6 is 11.6 Å². The van der Waals surface area contributed by atoms with Crippen molar-refractivity contribution in [1.82, 2.24) is 20.1 Å². The van der Waals surface area contributed by atoms with E-state index < -0.39 is 0 Å². The Hall–Kier alpha value is -2.08. The van der Waals surface area contributed by atoms with Gasteiger partial charge in [0, 0.05) is 18.4 Å². The standard InChI is InChI=1S/C12H14ClN5O/c1-8(7-18-4-2-3-16-18)17-12(19)10-5-9(14)6-15-11(10)13/h2-6,8H,7,14H2,1H3,(H,17,19). The molecule has 3 N–H and O–H groups in total. The maximum atomic E-state index is 12.0. The van der Waals surface area contributed by atoms with E-state index in [0.29, 0.717) is 12.2 Å². The van der Waals surface area contributed by atoms with Crippen LogP contribution in [0.15, 0.2) is 30.7 Å². The number of nitrogen functional groups attached to an aromatic ring is 1. The van der Waals surface area contributed by atoms with Crippen molar-refractivity contribution < 1.29 is 4.79 Å². The van der Waals surface area contributed by atoms with Gasteiger partial charge in [-0.15, -0.1) is 0 Å². The van der Waals surface area contributed by atoms with Crippen molar-refractivity contribution in [3.63, 3.8) is 0 Å². The molecule has 6 nitrogen and oxygen atoms in total. The van der Waals surface area contributed by atoms with Crippen LogP contribution in [0.4, 0.5) is 5.69 Å². The molecule has 0 aromatic carbocycles. The first-order valence-electron chi connectivity index (χ1n) is 5.75. The van der Waals surface area contributed by atoms with Crippen LogP contribution < -0.4 is 11.1 Å². The van der Waals surface area contributed by atoms with E-state index in [1.54, 1.807) is 10.9 Å². The molecule has 1 atom stereocenters. The van der Waals surface area contributed by atoms with Gasteiger partial charge in [-0.05, 0) is 19.1 Å². The number of nitrogens with one attached hydrogen (secondary N) is 1. The van der Waals surface area contributed by atoms with Gasteiger partial charge >= 0.3 is 0 Å². The molecule has 0 saturated heterocycles. The fourth-order valence-electron chi connectivity index (χ4n) is 1.66. The van der Waals surface area contributed by atoms with Crippen LogP contribution in [0.25, 0.3) is 0 Å². The van der Waals surface area contributed by atoms with Gasteiger partial charge < -0.3 is 11.1 Å². The predicted octanol–water partition coefficient (Wildman–Crippen LogP) is 1.33. The zero-order valence-corrected chi connectivity index (χ0v) is 11.1. The molecular weight excluding hydrogens is 266 g/mol. The molecule has 2 aromatic heterocycles. The zero-order valence-electron chi connectivity index (χ0n) is 10.4. The SMILES string of the molecule is CC(Cn1cccn1)NC(=O)c1cc(N)cnc1Cl. The minimum atomic E-state index is -0.301. The molecule has 0 aliphatic rings. The summed E-state index contributed by atoms with van der Waals surface area (Å²) in [5, 5.41) is 7.03. The Labute approximate surface area is 115 Å². The Bertz CT molecular complexity index is 570. The van der Waals surface area contributed by atoms with Crippen molar-refractivity contribution in [3.05, 3.63) is 41.4 Å². The number of hydrogen-bond acceptors (Lipinski definition) is 4. The Morgan fingerprint density at radius 1 is 1.63 bits per heavy atom. The van der Waals surface area contributed by atoms with Crippen molar-refractivity contribution in [3.8, 4) is 0 Å². The van der Waals surface area contributed by atoms with Crippen molar-refractivity contribution >= 4 is 23.2 Å². The van der Waals surface area contributed by atoms with E-state index in [9.17, 15) is 4.79 Å². The minimum absolute atomic E-state index is 0.0927. The number of nitrogens with zero attached hydrogens (tertiary/aromatic N) is 3. The first kappa shape index (κ1) is 13.4. The zero-order chi connectivity index (χ0) is 13.8. The molecule has 0 fully saturated rings. The Morgan fingerprint density at radius 3 is 3.11 bits per heavy atom. The summed E-state index contributed by atoms with van der Waals surface area (Å²) >= 11 is 5.87. The van der Waals surface area contributed by atoms with Crippen molar-refractivity contribution in [1.29, 1.82) is 0 Å². The van der Waals surface area contributed by atoms with Crippen LogP contribution in [0, 0.1) is 0 Å². The fraction of sp³-hybridized carbons (Fsp3) is 0.250. The lowest BCUT2D eigenvalue weighted by Gasteiger charge is -2.14. The van der Waals surface area contributed by atoms with E-state index in [2.05, 4.69) is 15.4 Å². The predicted molar refractivity (Wildman–Crippen MR) is 72.8 cm³/mol. The molecule has 0 spiro atoms. The van der Waals surface area contributed by atoms with Gasteiger partial charge in [0.05, 0.1) is 24.0 Å². The van der Waals surface area contributed by atoms with Crippen LogP contribution in [0.5, 0.6) is 0 Å². The molecule has 0 aliphatic carbocycles. The highest BCUT2D eigenvalue weighted by Crippen LogP contribution is 2.15. The third kappa shape index (κ3) is 3.45. The summed E-state index contributed by atoms with van der Waals surface area (Å²) in [4.78, 5) is 15.9.